The Morgan fingerprint density at radius 2 is 1.38 bits per heavy atom. The Morgan fingerprint density at radius 1 is 0.811 bits per heavy atom. The third-order valence-electron chi connectivity index (χ3n) is 5.88. The fourth-order valence-electron chi connectivity index (χ4n) is 4.08. The van der Waals surface area contributed by atoms with Gasteiger partial charge in [0, 0.05) is 11.1 Å². The molecule has 5 rings (SSSR count). The van der Waals surface area contributed by atoms with Crippen molar-refractivity contribution >= 4 is 23.1 Å². The van der Waals surface area contributed by atoms with Crippen LogP contribution >= 0.6 is 11.6 Å². The van der Waals surface area contributed by atoms with Gasteiger partial charge in [0.25, 0.3) is 0 Å². The van der Waals surface area contributed by atoms with E-state index in [1.165, 1.54) is 0 Å². The molecule has 0 aliphatic heterocycles. The minimum Gasteiger partial charge on any atom is -0.488 e. The van der Waals surface area contributed by atoms with Crippen molar-refractivity contribution in [1.29, 1.82) is 0 Å². The van der Waals surface area contributed by atoms with E-state index in [4.69, 9.17) is 30.3 Å². The summed E-state index contributed by atoms with van der Waals surface area (Å²) in [7, 11) is 0. The van der Waals surface area contributed by atoms with Gasteiger partial charge in [0.2, 0.25) is 0 Å². The molecule has 0 radical (unpaired) electrons. The minimum atomic E-state index is -0.909. The van der Waals surface area contributed by atoms with E-state index in [9.17, 15) is 4.79 Å². The number of ether oxygens (including phenoxy) is 1. The van der Waals surface area contributed by atoms with Gasteiger partial charge in [-0.2, -0.15) is 0 Å². The highest BCUT2D eigenvalue weighted by atomic mass is 35.5. The molecule has 6 heteroatoms. The highest BCUT2D eigenvalue weighted by molar-refractivity contribution is 6.32. The molecule has 5 aromatic rings. The van der Waals surface area contributed by atoms with Crippen LogP contribution in [0.3, 0.4) is 0 Å². The summed E-state index contributed by atoms with van der Waals surface area (Å²) in [5, 5.41) is 9.37. The van der Waals surface area contributed by atoms with Crippen molar-refractivity contribution in [3.05, 3.63) is 131 Å². The van der Waals surface area contributed by atoms with Crippen LogP contribution in [0.15, 0.2) is 118 Å². The van der Waals surface area contributed by atoms with Crippen molar-refractivity contribution in [1.82, 2.24) is 0 Å². The molecule has 0 unspecified atom stereocenters. The summed E-state index contributed by atoms with van der Waals surface area (Å²) in [6.07, 6.45) is 5.23. The molecule has 5 nitrogen and oxygen atoms in total. The lowest BCUT2D eigenvalue weighted by atomic mass is 9.95. The van der Waals surface area contributed by atoms with E-state index < -0.39 is 5.97 Å². The Morgan fingerprint density at radius 3 is 1.84 bits per heavy atom. The Labute approximate surface area is 219 Å². The summed E-state index contributed by atoms with van der Waals surface area (Å²) in [6.45, 7) is 0.271. The topological polar surface area (TPSA) is 72.8 Å². The van der Waals surface area contributed by atoms with E-state index in [0.29, 0.717) is 16.3 Å². The van der Waals surface area contributed by atoms with Crippen LogP contribution in [0.4, 0.5) is 0 Å². The fraction of sp³-hybridized carbons (Fsp3) is 0.0645. The smallest absolute Gasteiger partial charge is 0.307 e. The molecule has 2 heterocycles. The third-order valence-corrected chi connectivity index (χ3v) is 6.18. The maximum atomic E-state index is 11.0. The molecule has 0 fully saturated rings. The molecule has 0 saturated carbocycles. The second-order valence-corrected chi connectivity index (χ2v) is 8.78. The number of carboxylic acids is 1. The van der Waals surface area contributed by atoms with E-state index in [-0.39, 0.29) is 13.0 Å². The van der Waals surface area contributed by atoms with E-state index in [2.05, 4.69) is 24.3 Å². The van der Waals surface area contributed by atoms with E-state index >= 15 is 0 Å². The zero-order chi connectivity index (χ0) is 25.6. The van der Waals surface area contributed by atoms with Gasteiger partial charge in [-0.25, -0.2) is 0 Å². The molecule has 0 bridgehead atoms. The monoisotopic (exact) mass is 510 g/mol. The van der Waals surface area contributed by atoms with Gasteiger partial charge in [-0.1, -0.05) is 66.2 Å². The SMILES string of the molecule is O=C(O)Cc1ccc(OCC=C(c2ccc(-c3ccco3)cc2)c2ccc(-c3ccco3)cc2)c(Cl)c1. The molecule has 0 spiro atoms. The quantitative estimate of drug-likeness (QED) is 0.217. The molecule has 0 aliphatic rings. The molecular formula is C31H23ClO5. The Hall–Kier alpha value is -4.48. The number of furan rings is 2. The van der Waals surface area contributed by atoms with E-state index in [1.807, 2.05) is 54.6 Å². The van der Waals surface area contributed by atoms with Gasteiger partial charge in [0.15, 0.2) is 0 Å². The van der Waals surface area contributed by atoms with Crippen molar-refractivity contribution in [2.75, 3.05) is 6.61 Å². The number of benzene rings is 3. The summed E-state index contributed by atoms with van der Waals surface area (Å²) in [5.41, 5.74) is 5.64. The van der Waals surface area contributed by atoms with Crippen LogP contribution < -0.4 is 4.74 Å². The number of hydrogen-bond donors (Lipinski definition) is 1. The number of carbonyl (C=O) groups is 1. The predicted molar refractivity (Wildman–Crippen MR) is 144 cm³/mol. The zero-order valence-corrected chi connectivity index (χ0v) is 20.5. The highest BCUT2D eigenvalue weighted by Crippen LogP contribution is 2.30. The number of carboxylic acid groups (broad SMARTS) is 1. The first kappa shape index (κ1) is 24.2. The van der Waals surface area contributed by atoms with Crippen LogP contribution in [-0.2, 0) is 11.2 Å². The van der Waals surface area contributed by atoms with Crippen LogP contribution in [-0.4, -0.2) is 17.7 Å². The molecule has 37 heavy (non-hydrogen) atoms. The van der Waals surface area contributed by atoms with Crippen molar-refractivity contribution in [3.63, 3.8) is 0 Å². The maximum Gasteiger partial charge on any atom is 0.307 e. The van der Waals surface area contributed by atoms with Crippen molar-refractivity contribution < 1.29 is 23.5 Å². The lowest BCUT2D eigenvalue weighted by Gasteiger charge is -2.12. The summed E-state index contributed by atoms with van der Waals surface area (Å²) in [5.74, 6) is 1.20. The number of aliphatic carboxylic acids is 1. The first-order chi connectivity index (χ1) is 18.1. The van der Waals surface area contributed by atoms with Gasteiger partial charge >= 0.3 is 5.97 Å². The average Bonchev–Trinajstić information content (AvgIpc) is 3.63. The molecule has 2 aromatic heterocycles. The first-order valence-corrected chi connectivity index (χ1v) is 12.1. The van der Waals surface area contributed by atoms with Crippen LogP contribution in [0.1, 0.15) is 16.7 Å². The standard InChI is InChI=1S/C31H23ClO5/c32-27-19-21(20-31(33)34)5-14-30(27)37-18-15-26(22-6-10-24(11-7-22)28-3-1-16-35-28)23-8-12-25(13-9-23)29-4-2-17-36-29/h1-17,19H,18,20H2,(H,33,34). The van der Waals surface area contributed by atoms with Crippen molar-refractivity contribution in [2.24, 2.45) is 0 Å². The Kier molecular flexibility index (Phi) is 7.24. The van der Waals surface area contributed by atoms with Gasteiger partial charge in [-0.3, -0.25) is 4.79 Å². The summed E-state index contributed by atoms with van der Waals surface area (Å²) >= 11 is 6.34. The second kappa shape index (κ2) is 11.1. The number of rotatable bonds is 9. The van der Waals surface area contributed by atoms with E-state index in [1.54, 1.807) is 30.7 Å². The normalized spacial score (nSPS) is 10.7. The molecule has 0 atom stereocenters. The van der Waals surface area contributed by atoms with Crippen LogP contribution in [0.2, 0.25) is 5.02 Å². The minimum absolute atomic E-state index is 0.0912. The Balaban J connectivity index is 1.41. The molecular weight excluding hydrogens is 488 g/mol. The number of halogens is 1. The molecule has 0 saturated heterocycles. The summed E-state index contributed by atoms with van der Waals surface area (Å²) < 4.78 is 17.0. The van der Waals surface area contributed by atoms with Crippen LogP contribution in [0.5, 0.6) is 5.75 Å². The second-order valence-electron chi connectivity index (χ2n) is 8.37. The molecule has 0 aliphatic carbocycles. The predicted octanol–water partition coefficient (Wildman–Crippen LogP) is 8.00. The summed E-state index contributed by atoms with van der Waals surface area (Å²) in [4.78, 5) is 11.0. The van der Waals surface area contributed by atoms with Gasteiger partial charge in [-0.15, -0.1) is 0 Å². The van der Waals surface area contributed by atoms with Crippen molar-refractivity contribution in [3.8, 4) is 28.4 Å². The largest absolute Gasteiger partial charge is 0.488 e. The lowest BCUT2D eigenvalue weighted by molar-refractivity contribution is -0.136. The lowest BCUT2D eigenvalue weighted by Crippen LogP contribution is -2.01. The highest BCUT2D eigenvalue weighted by Gasteiger charge is 2.10. The molecule has 0 amide bonds. The first-order valence-electron chi connectivity index (χ1n) is 11.7. The molecule has 3 aromatic carbocycles. The summed E-state index contributed by atoms with van der Waals surface area (Å²) in [6, 6.07) is 28.9. The van der Waals surface area contributed by atoms with Gasteiger partial charge in [0.05, 0.1) is 24.0 Å². The van der Waals surface area contributed by atoms with Gasteiger partial charge in [0.1, 0.15) is 23.9 Å². The zero-order valence-electron chi connectivity index (χ0n) is 19.8. The van der Waals surface area contributed by atoms with E-state index in [0.717, 1.165) is 39.3 Å². The number of hydrogen-bond acceptors (Lipinski definition) is 4. The fourth-order valence-corrected chi connectivity index (χ4v) is 4.33. The van der Waals surface area contributed by atoms with Crippen LogP contribution in [0, 0.1) is 0 Å². The Bertz CT molecular complexity index is 1420. The third kappa shape index (κ3) is 5.85. The van der Waals surface area contributed by atoms with Gasteiger partial charge < -0.3 is 18.7 Å². The average molecular weight is 511 g/mol. The maximum absolute atomic E-state index is 11.0. The van der Waals surface area contributed by atoms with Gasteiger partial charge in [-0.05, 0) is 64.7 Å². The van der Waals surface area contributed by atoms with Crippen LogP contribution in [0.25, 0.3) is 28.2 Å². The molecule has 184 valence electrons. The van der Waals surface area contributed by atoms with Crippen molar-refractivity contribution in [2.45, 2.75) is 6.42 Å². The molecule has 1 N–H and O–H groups in total.